The van der Waals surface area contributed by atoms with Crippen LogP contribution in [0.3, 0.4) is 0 Å². The van der Waals surface area contributed by atoms with Gasteiger partial charge in [-0.2, -0.15) is 4.37 Å². The van der Waals surface area contributed by atoms with Gasteiger partial charge in [0.1, 0.15) is 17.7 Å². The van der Waals surface area contributed by atoms with E-state index in [2.05, 4.69) is 14.6 Å². The van der Waals surface area contributed by atoms with Crippen molar-refractivity contribution >= 4 is 45.7 Å². The van der Waals surface area contributed by atoms with Gasteiger partial charge in [-0.3, -0.25) is 14.3 Å². The van der Waals surface area contributed by atoms with Crippen LogP contribution in [0.1, 0.15) is 89.1 Å². The average molecular weight is 652 g/mol. The molecule has 2 aromatic carbocycles. The molecule has 9 nitrogen and oxygen atoms in total. The summed E-state index contributed by atoms with van der Waals surface area (Å²) in [7, 11) is 0. The molecule has 0 bridgehead atoms. The minimum Gasteiger partial charge on any atom is -0.444 e. The number of aldehydes is 1. The molecule has 2 heterocycles. The van der Waals surface area contributed by atoms with Crippen molar-refractivity contribution in [1.29, 1.82) is 0 Å². The standard InChI is InChI=1S/C34H42ClN5O4S/c1-8-26(29-36-30-28(22(2)38-45-30)31(42)40(29)20-23-12-10-9-11-13-23)39(27(21-41)24-14-16-25(35)17-15-24)19-18-34(6,7)37-32(43)44-33(3,4)5/h9-17,21,26-27H,8,18-20H2,1-7H3,(H,37,43). The first-order chi connectivity index (χ1) is 21.2. The minimum atomic E-state index is -0.678. The molecule has 240 valence electrons. The van der Waals surface area contributed by atoms with Crippen LogP contribution in [-0.2, 0) is 16.1 Å². The number of alkyl carbamates (subject to hydrolysis) is 1. The Bertz CT molecular complexity index is 1680. The molecule has 0 saturated heterocycles. The zero-order chi connectivity index (χ0) is 32.9. The van der Waals surface area contributed by atoms with E-state index in [0.717, 1.165) is 17.4 Å². The van der Waals surface area contributed by atoms with E-state index in [4.69, 9.17) is 21.3 Å². The van der Waals surface area contributed by atoms with Crippen molar-refractivity contribution < 1.29 is 14.3 Å². The van der Waals surface area contributed by atoms with E-state index >= 15 is 0 Å². The van der Waals surface area contributed by atoms with Gasteiger partial charge in [-0.05, 0) is 89.2 Å². The molecule has 4 aromatic rings. The van der Waals surface area contributed by atoms with Crippen molar-refractivity contribution in [3.63, 3.8) is 0 Å². The molecular weight excluding hydrogens is 610 g/mol. The molecule has 0 fully saturated rings. The number of rotatable bonds is 12. The summed E-state index contributed by atoms with van der Waals surface area (Å²) in [5, 5.41) is 4.05. The van der Waals surface area contributed by atoms with Gasteiger partial charge in [0, 0.05) is 17.1 Å². The van der Waals surface area contributed by atoms with E-state index in [9.17, 15) is 14.4 Å². The van der Waals surface area contributed by atoms with Gasteiger partial charge >= 0.3 is 6.09 Å². The molecule has 2 aromatic heterocycles. The number of amides is 1. The Morgan fingerprint density at radius 1 is 1.11 bits per heavy atom. The first kappa shape index (κ1) is 34.3. The lowest BCUT2D eigenvalue weighted by Crippen LogP contribution is -2.48. The first-order valence-corrected chi connectivity index (χ1v) is 16.3. The summed E-state index contributed by atoms with van der Waals surface area (Å²) in [5.74, 6) is 0.557. The number of halogens is 1. The maximum Gasteiger partial charge on any atom is 0.408 e. The molecule has 1 amide bonds. The van der Waals surface area contributed by atoms with E-state index in [1.54, 1.807) is 16.7 Å². The molecule has 2 atom stereocenters. The summed E-state index contributed by atoms with van der Waals surface area (Å²) in [6, 6.07) is 15.9. The fourth-order valence-electron chi connectivity index (χ4n) is 5.37. The molecule has 0 aliphatic heterocycles. The third-order valence-electron chi connectivity index (χ3n) is 7.60. The van der Waals surface area contributed by atoms with Gasteiger partial charge in [0.25, 0.3) is 5.56 Å². The zero-order valence-corrected chi connectivity index (χ0v) is 28.5. The number of aromatic nitrogens is 3. The summed E-state index contributed by atoms with van der Waals surface area (Å²) >= 11 is 7.41. The highest BCUT2D eigenvalue weighted by atomic mass is 35.5. The lowest BCUT2D eigenvalue weighted by atomic mass is 9.96. The smallest absolute Gasteiger partial charge is 0.408 e. The van der Waals surface area contributed by atoms with Crippen LogP contribution in [0, 0.1) is 6.92 Å². The molecule has 2 unspecified atom stereocenters. The van der Waals surface area contributed by atoms with Crippen LogP contribution < -0.4 is 10.9 Å². The summed E-state index contributed by atoms with van der Waals surface area (Å²) in [6.45, 7) is 13.8. The van der Waals surface area contributed by atoms with E-state index in [1.807, 2.05) is 90.9 Å². The Morgan fingerprint density at radius 3 is 2.38 bits per heavy atom. The van der Waals surface area contributed by atoms with Crippen LogP contribution in [0.2, 0.25) is 5.02 Å². The highest BCUT2D eigenvalue weighted by Gasteiger charge is 2.34. The maximum atomic E-state index is 14.1. The van der Waals surface area contributed by atoms with Gasteiger partial charge in [0.2, 0.25) is 0 Å². The molecule has 0 aliphatic rings. The van der Waals surface area contributed by atoms with Crippen LogP contribution >= 0.6 is 23.1 Å². The highest BCUT2D eigenvalue weighted by molar-refractivity contribution is 7.12. The van der Waals surface area contributed by atoms with Crippen molar-refractivity contribution in [2.24, 2.45) is 0 Å². The first-order valence-electron chi connectivity index (χ1n) is 15.1. The second-order valence-corrected chi connectivity index (χ2v) is 14.0. The fourth-order valence-corrected chi connectivity index (χ4v) is 6.27. The van der Waals surface area contributed by atoms with E-state index < -0.39 is 29.3 Å². The van der Waals surface area contributed by atoms with Crippen LogP contribution in [0.4, 0.5) is 4.79 Å². The number of carbonyl (C=O) groups excluding carboxylic acids is 2. The number of carbonyl (C=O) groups is 2. The van der Waals surface area contributed by atoms with Gasteiger partial charge in [0.05, 0.1) is 29.7 Å². The van der Waals surface area contributed by atoms with Crippen LogP contribution in [0.25, 0.3) is 10.2 Å². The molecule has 4 rings (SSSR count). The topological polar surface area (TPSA) is 106 Å². The molecule has 0 spiro atoms. The van der Waals surface area contributed by atoms with Crippen molar-refractivity contribution in [3.05, 3.63) is 92.6 Å². The number of ether oxygens (including phenoxy) is 1. The number of nitrogens with zero attached hydrogens (tertiary/aromatic N) is 4. The molecular formula is C34H42ClN5O4S. The van der Waals surface area contributed by atoms with Crippen molar-refractivity contribution in [1.82, 2.24) is 24.1 Å². The zero-order valence-electron chi connectivity index (χ0n) is 27.0. The predicted molar refractivity (Wildman–Crippen MR) is 180 cm³/mol. The molecule has 0 radical (unpaired) electrons. The third kappa shape index (κ3) is 8.56. The van der Waals surface area contributed by atoms with Gasteiger partial charge in [-0.25, -0.2) is 9.78 Å². The number of fused-ring (bicyclic) bond motifs is 1. The van der Waals surface area contributed by atoms with Gasteiger partial charge < -0.3 is 14.8 Å². The highest BCUT2D eigenvalue weighted by Crippen LogP contribution is 2.34. The Morgan fingerprint density at radius 2 is 1.78 bits per heavy atom. The van der Waals surface area contributed by atoms with Crippen LogP contribution in [-0.4, -0.2) is 48.9 Å². The molecule has 0 aliphatic carbocycles. The van der Waals surface area contributed by atoms with Crippen LogP contribution in [0.5, 0.6) is 0 Å². The molecule has 0 saturated carbocycles. The van der Waals surface area contributed by atoms with E-state index in [0.29, 0.717) is 52.7 Å². The number of benzene rings is 2. The maximum absolute atomic E-state index is 14.1. The predicted octanol–water partition coefficient (Wildman–Crippen LogP) is 7.25. The largest absolute Gasteiger partial charge is 0.444 e. The summed E-state index contributed by atoms with van der Waals surface area (Å²) in [6.07, 6.45) is 1.43. The van der Waals surface area contributed by atoms with Gasteiger partial charge in [-0.1, -0.05) is 61.0 Å². The van der Waals surface area contributed by atoms with Gasteiger partial charge in [0.15, 0.2) is 4.83 Å². The van der Waals surface area contributed by atoms with E-state index in [-0.39, 0.29) is 5.56 Å². The van der Waals surface area contributed by atoms with E-state index in [1.165, 1.54) is 11.5 Å². The Balaban J connectivity index is 1.82. The Hall–Kier alpha value is -3.60. The molecule has 1 N–H and O–H groups in total. The Labute approximate surface area is 273 Å². The summed E-state index contributed by atoms with van der Waals surface area (Å²) in [5.41, 5.74) is 0.881. The lowest BCUT2D eigenvalue weighted by Gasteiger charge is -2.38. The number of hydrogen-bond donors (Lipinski definition) is 1. The monoisotopic (exact) mass is 651 g/mol. The third-order valence-corrected chi connectivity index (χ3v) is 8.68. The molecule has 45 heavy (non-hydrogen) atoms. The summed E-state index contributed by atoms with van der Waals surface area (Å²) < 4.78 is 11.7. The molecule has 11 heteroatoms. The normalized spacial score (nSPS) is 13.5. The van der Waals surface area contributed by atoms with Crippen molar-refractivity contribution in [3.8, 4) is 0 Å². The second-order valence-electron chi connectivity index (χ2n) is 12.9. The average Bonchev–Trinajstić information content (AvgIpc) is 3.34. The quantitative estimate of drug-likeness (QED) is 0.161. The number of hydrogen-bond acceptors (Lipinski definition) is 8. The SMILES string of the molecule is CCC(c1nc2snc(C)c2c(=O)n1Cc1ccccc1)N(CCC(C)(C)NC(=O)OC(C)(C)C)C(C=O)c1ccc(Cl)cc1. The van der Waals surface area contributed by atoms with Crippen LogP contribution in [0.15, 0.2) is 59.4 Å². The summed E-state index contributed by atoms with van der Waals surface area (Å²) in [4.78, 5) is 47.4. The van der Waals surface area contributed by atoms with Gasteiger partial charge in [-0.15, -0.1) is 0 Å². The lowest BCUT2D eigenvalue weighted by molar-refractivity contribution is -0.114. The number of aryl methyl sites for hydroxylation is 1. The number of nitrogens with one attached hydrogen (secondary N) is 1. The second kappa shape index (κ2) is 14.2. The fraction of sp³-hybridized carbons (Fsp3) is 0.441. The van der Waals surface area contributed by atoms with Crippen molar-refractivity contribution in [2.75, 3.05) is 6.54 Å². The Kier molecular flexibility index (Phi) is 10.8. The minimum absolute atomic E-state index is 0.162. The van der Waals surface area contributed by atoms with Crippen molar-refractivity contribution in [2.45, 2.75) is 91.1 Å².